The van der Waals surface area contributed by atoms with Gasteiger partial charge in [0.2, 0.25) is 5.91 Å². The Morgan fingerprint density at radius 2 is 2.58 bits per heavy atom. The van der Waals surface area contributed by atoms with Gasteiger partial charge in [0.1, 0.15) is 5.82 Å². The zero-order chi connectivity index (χ0) is 13.5. The number of aromatic nitrogens is 2. The summed E-state index contributed by atoms with van der Waals surface area (Å²) in [6.07, 6.45) is 8.67. The number of rotatable bonds is 7. The third-order valence-electron chi connectivity index (χ3n) is 3.23. The van der Waals surface area contributed by atoms with Gasteiger partial charge in [-0.1, -0.05) is 6.08 Å². The Morgan fingerprint density at radius 1 is 1.68 bits per heavy atom. The topological polar surface area (TPSA) is 56.1 Å². The lowest BCUT2D eigenvalue weighted by molar-refractivity contribution is -0.122. The zero-order valence-corrected chi connectivity index (χ0v) is 11.2. The number of ether oxygens (including phenoxy) is 1. The van der Waals surface area contributed by atoms with Crippen molar-refractivity contribution in [1.82, 2.24) is 14.9 Å². The summed E-state index contributed by atoms with van der Waals surface area (Å²) in [5.74, 6) is 1.22. The lowest BCUT2D eigenvalue weighted by Crippen LogP contribution is -2.40. The van der Waals surface area contributed by atoms with Crippen LogP contribution in [0.4, 0.5) is 0 Å². The Labute approximate surface area is 113 Å². The van der Waals surface area contributed by atoms with Crippen LogP contribution in [-0.2, 0) is 22.5 Å². The summed E-state index contributed by atoms with van der Waals surface area (Å²) in [4.78, 5) is 16.1. The molecule has 0 fully saturated rings. The number of carbonyl (C=O) groups excluding carboxylic acids is 1. The van der Waals surface area contributed by atoms with Gasteiger partial charge in [-0.15, -0.1) is 6.58 Å². The van der Waals surface area contributed by atoms with Gasteiger partial charge in [0.15, 0.2) is 0 Å². The zero-order valence-electron chi connectivity index (χ0n) is 11.2. The second kappa shape index (κ2) is 7.09. The highest BCUT2D eigenvalue weighted by atomic mass is 16.5. The summed E-state index contributed by atoms with van der Waals surface area (Å²) in [5.41, 5.74) is 0. The maximum Gasteiger partial charge on any atom is 0.220 e. The van der Waals surface area contributed by atoms with E-state index in [1.807, 2.05) is 12.4 Å². The molecule has 0 spiro atoms. The van der Waals surface area contributed by atoms with Crippen LogP contribution in [0.2, 0.25) is 0 Å². The SMILES string of the molecule is C=CCOCCCC(=O)N[C@H]1CCc2nccn2C1. The van der Waals surface area contributed by atoms with Crippen LogP contribution in [0, 0.1) is 0 Å². The van der Waals surface area contributed by atoms with Gasteiger partial charge in [0, 0.05) is 44.4 Å². The lowest BCUT2D eigenvalue weighted by Gasteiger charge is -2.24. The maximum absolute atomic E-state index is 11.8. The molecule has 1 amide bonds. The predicted molar refractivity (Wildman–Crippen MR) is 72.7 cm³/mol. The van der Waals surface area contributed by atoms with E-state index in [0.717, 1.165) is 31.6 Å². The average molecular weight is 263 g/mol. The summed E-state index contributed by atoms with van der Waals surface area (Å²) in [6.45, 7) is 5.56. The molecule has 19 heavy (non-hydrogen) atoms. The van der Waals surface area contributed by atoms with Gasteiger partial charge < -0.3 is 14.6 Å². The molecule has 1 aliphatic heterocycles. The highest BCUT2D eigenvalue weighted by Crippen LogP contribution is 2.13. The first-order valence-corrected chi connectivity index (χ1v) is 6.77. The fourth-order valence-corrected chi connectivity index (χ4v) is 2.29. The van der Waals surface area contributed by atoms with Crippen LogP contribution in [0.5, 0.6) is 0 Å². The molecule has 0 unspecified atom stereocenters. The molecule has 0 aliphatic carbocycles. The van der Waals surface area contributed by atoms with Gasteiger partial charge in [0.25, 0.3) is 0 Å². The highest BCUT2D eigenvalue weighted by molar-refractivity contribution is 5.76. The molecule has 0 aromatic carbocycles. The van der Waals surface area contributed by atoms with E-state index in [2.05, 4.69) is 21.4 Å². The first-order chi connectivity index (χ1) is 9.29. The molecule has 0 radical (unpaired) electrons. The van der Waals surface area contributed by atoms with E-state index < -0.39 is 0 Å². The molecule has 5 nitrogen and oxygen atoms in total. The number of fused-ring (bicyclic) bond motifs is 1. The van der Waals surface area contributed by atoms with Gasteiger partial charge in [-0.25, -0.2) is 4.98 Å². The molecule has 1 aliphatic rings. The van der Waals surface area contributed by atoms with Gasteiger partial charge >= 0.3 is 0 Å². The predicted octanol–water partition coefficient (Wildman–Crippen LogP) is 1.30. The Kier molecular flexibility index (Phi) is 5.15. The van der Waals surface area contributed by atoms with Crippen LogP contribution in [0.3, 0.4) is 0 Å². The second-order valence-electron chi connectivity index (χ2n) is 4.77. The van der Waals surface area contributed by atoms with Crippen molar-refractivity contribution in [2.24, 2.45) is 0 Å². The Bertz CT molecular complexity index is 428. The minimum absolute atomic E-state index is 0.107. The van der Waals surface area contributed by atoms with E-state index in [1.165, 1.54) is 0 Å². The van der Waals surface area contributed by atoms with Crippen LogP contribution < -0.4 is 5.32 Å². The molecule has 0 saturated carbocycles. The van der Waals surface area contributed by atoms with Gasteiger partial charge in [0.05, 0.1) is 6.61 Å². The third-order valence-corrected chi connectivity index (χ3v) is 3.23. The Hall–Kier alpha value is -1.62. The number of nitrogens with one attached hydrogen (secondary N) is 1. The normalized spacial score (nSPS) is 17.8. The Morgan fingerprint density at radius 3 is 3.42 bits per heavy atom. The summed E-state index contributed by atoms with van der Waals surface area (Å²) < 4.78 is 7.36. The first kappa shape index (κ1) is 13.8. The van der Waals surface area contributed by atoms with Crippen molar-refractivity contribution in [3.63, 3.8) is 0 Å². The van der Waals surface area contributed by atoms with Crippen LogP contribution in [0.1, 0.15) is 25.1 Å². The summed E-state index contributed by atoms with van der Waals surface area (Å²) in [5, 5.41) is 3.08. The van der Waals surface area contributed by atoms with Crippen molar-refractivity contribution >= 4 is 5.91 Å². The third kappa shape index (κ3) is 4.21. The van der Waals surface area contributed by atoms with E-state index in [-0.39, 0.29) is 11.9 Å². The molecule has 1 atom stereocenters. The number of imidazole rings is 1. The summed E-state index contributed by atoms with van der Waals surface area (Å²) in [6, 6.07) is 0.225. The second-order valence-corrected chi connectivity index (χ2v) is 4.77. The van der Waals surface area contributed by atoms with Gasteiger partial charge in [-0.3, -0.25) is 4.79 Å². The maximum atomic E-state index is 11.8. The first-order valence-electron chi connectivity index (χ1n) is 6.77. The standard InChI is InChI=1S/C14H21N3O2/c1-2-9-19-10-3-4-14(18)16-12-5-6-13-15-7-8-17(13)11-12/h2,7-8,12H,1,3-6,9-11H2,(H,16,18)/t12-/m0/s1. The molecule has 1 aromatic rings. The average Bonchev–Trinajstić information content (AvgIpc) is 2.86. The number of hydrogen-bond donors (Lipinski definition) is 1. The van der Waals surface area contributed by atoms with Crippen molar-refractivity contribution in [3.8, 4) is 0 Å². The van der Waals surface area contributed by atoms with Crippen molar-refractivity contribution in [2.75, 3.05) is 13.2 Å². The van der Waals surface area contributed by atoms with Crippen LogP contribution in [-0.4, -0.2) is 34.7 Å². The lowest BCUT2D eigenvalue weighted by atomic mass is 10.1. The van der Waals surface area contributed by atoms with Gasteiger partial charge in [-0.05, 0) is 12.8 Å². The molecule has 1 N–H and O–H groups in total. The minimum atomic E-state index is 0.107. The van der Waals surface area contributed by atoms with Crippen molar-refractivity contribution < 1.29 is 9.53 Å². The van der Waals surface area contributed by atoms with Crippen molar-refractivity contribution in [3.05, 3.63) is 30.9 Å². The van der Waals surface area contributed by atoms with E-state index in [1.54, 1.807) is 6.08 Å². The monoisotopic (exact) mass is 263 g/mol. The number of hydrogen-bond acceptors (Lipinski definition) is 3. The Balaban J connectivity index is 1.65. The fourth-order valence-electron chi connectivity index (χ4n) is 2.29. The molecular weight excluding hydrogens is 242 g/mol. The molecule has 0 bridgehead atoms. The van der Waals surface area contributed by atoms with E-state index in [4.69, 9.17) is 4.74 Å². The fraction of sp³-hybridized carbons (Fsp3) is 0.571. The number of amides is 1. The van der Waals surface area contributed by atoms with Crippen LogP contribution >= 0.6 is 0 Å². The number of aryl methyl sites for hydroxylation is 1. The van der Waals surface area contributed by atoms with E-state index in [0.29, 0.717) is 19.6 Å². The molecule has 0 saturated heterocycles. The summed E-state index contributed by atoms with van der Waals surface area (Å²) >= 11 is 0. The smallest absolute Gasteiger partial charge is 0.220 e. The van der Waals surface area contributed by atoms with E-state index in [9.17, 15) is 4.79 Å². The quantitative estimate of drug-likeness (QED) is 0.596. The number of nitrogens with zero attached hydrogens (tertiary/aromatic N) is 2. The van der Waals surface area contributed by atoms with Crippen LogP contribution in [0.15, 0.2) is 25.0 Å². The van der Waals surface area contributed by atoms with Crippen molar-refractivity contribution in [2.45, 2.75) is 38.3 Å². The summed E-state index contributed by atoms with van der Waals surface area (Å²) in [7, 11) is 0. The molecule has 2 rings (SSSR count). The largest absolute Gasteiger partial charge is 0.377 e. The van der Waals surface area contributed by atoms with Crippen LogP contribution in [0.25, 0.3) is 0 Å². The van der Waals surface area contributed by atoms with Crippen molar-refractivity contribution in [1.29, 1.82) is 0 Å². The molecule has 1 aromatic heterocycles. The molecule has 104 valence electrons. The molecular formula is C14H21N3O2. The van der Waals surface area contributed by atoms with Gasteiger partial charge in [-0.2, -0.15) is 0 Å². The molecule has 5 heteroatoms. The minimum Gasteiger partial charge on any atom is -0.377 e. The number of carbonyl (C=O) groups is 1. The molecule has 2 heterocycles. The highest BCUT2D eigenvalue weighted by Gasteiger charge is 2.19. The van der Waals surface area contributed by atoms with E-state index >= 15 is 0 Å².